The monoisotopic (exact) mass is 415 g/mol. The molecule has 3 heterocycles. The molecule has 1 aliphatic heterocycles. The number of carbonyl (C=O) groups is 2. The summed E-state index contributed by atoms with van der Waals surface area (Å²) in [6, 6.07) is 14.4. The van der Waals surface area contributed by atoms with Crippen molar-refractivity contribution in [2.75, 3.05) is 0 Å². The third-order valence-corrected chi connectivity index (χ3v) is 6.78. The SMILES string of the molecule is O=C1CC(c2ccsc2)(c2ccccn2)OC(=O)C1Sc1ccccc1Cl. The minimum absolute atomic E-state index is 0.0363. The van der Waals surface area contributed by atoms with Gasteiger partial charge in [-0.25, -0.2) is 0 Å². The van der Waals surface area contributed by atoms with Gasteiger partial charge in [0.25, 0.3) is 0 Å². The maximum atomic E-state index is 13.0. The molecule has 136 valence electrons. The van der Waals surface area contributed by atoms with Crippen LogP contribution < -0.4 is 0 Å². The van der Waals surface area contributed by atoms with E-state index in [-0.39, 0.29) is 12.2 Å². The van der Waals surface area contributed by atoms with E-state index in [0.717, 1.165) is 17.3 Å². The van der Waals surface area contributed by atoms with Gasteiger partial charge in [0.05, 0.1) is 17.1 Å². The zero-order valence-corrected chi connectivity index (χ0v) is 16.4. The topological polar surface area (TPSA) is 56.3 Å². The molecule has 1 aliphatic rings. The molecule has 0 spiro atoms. The quantitative estimate of drug-likeness (QED) is 0.456. The van der Waals surface area contributed by atoms with E-state index in [9.17, 15) is 9.59 Å². The van der Waals surface area contributed by atoms with E-state index >= 15 is 0 Å². The lowest BCUT2D eigenvalue weighted by Gasteiger charge is -2.37. The van der Waals surface area contributed by atoms with Gasteiger partial charge in [-0.15, -0.1) is 11.8 Å². The number of thiophene rings is 1. The summed E-state index contributed by atoms with van der Waals surface area (Å²) in [5.41, 5.74) is 0.118. The maximum absolute atomic E-state index is 13.0. The fourth-order valence-electron chi connectivity index (χ4n) is 3.06. The summed E-state index contributed by atoms with van der Waals surface area (Å²) in [6.45, 7) is 0. The molecule has 2 aromatic heterocycles. The van der Waals surface area contributed by atoms with Crippen molar-refractivity contribution in [3.8, 4) is 0 Å². The summed E-state index contributed by atoms with van der Waals surface area (Å²) in [4.78, 5) is 30.9. The molecule has 3 aromatic rings. The lowest BCUT2D eigenvalue weighted by molar-refractivity contribution is -0.166. The summed E-state index contributed by atoms with van der Waals surface area (Å²) in [7, 11) is 0. The summed E-state index contributed by atoms with van der Waals surface area (Å²) < 4.78 is 5.92. The van der Waals surface area contributed by atoms with Crippen LogP contribution in [0.2, 0.25) is 5.02 Å². The summed E-state index contributed by atoms with van der Waals surface area (Å²) in [6.07, 6.45) is 1.67. The van der Waals surface area contributed by atoms with E-state index in [1.807, 2.05) is 29.0 Å². The second-order valence-electron chi connectivity index (χ2n) is 6.05. The number of ketones is 1. The minimum atomic E-state index is -1.19. The molecule has 1 aromatic carbocycles. The van der Waals surface area contributed by atoms with Crippen molar-refractivity contribution in [2.24, 2.45) is 0 Å². The van der Waals surface area contributed by atoms with E-state index in [1.54, 1.807) is 36.5 Å². The van der Waals surface area contributed by atoms with Crippen LogP contribution >= 0.6 is 34.7 Å². The number of Topliss-reactive ketones (excluding diaryl/α,β-unsaturated/α-hetero) is 1. The highest BCUT2D eigenvalue weighted by molar-refractivity contribution is 8.01. The Morgan fingerprint density at radius 2 is 1.96 bits per heavy atom. The van der Waals surface area contributed by atoms with Crippen molar-refractivity contribution < 1.29 is 14.3 Å². The van der Waals surface area contributed by atoms with Crippen molar-refractivity contribution in [3.05, 3.63) is 81.8 Å². The summed E-state index contributed by atoms with van der Waals surface area (Å²) in [5.74, 6) is -0.777. The number of pyridine rings is 1. The number of hydrogen-bond acceptors (Lipinski definition) is 6. The van der Waals surface area contributed by atoms with Crippen LogP contribution in [0.3, 0.4) is 0 Å². The van der Waals surface area contributed by atoms with Crippen LogP contribution in [0.1, 0.15) is 17.7 Å². The van der Waals surface area contributed by atoms with E-state index in [1.165, 1.54) is 11.3 Å². The Morgan fingerprint density at radius 1 is 1.15 bits per heavy atom. The Labute approximate surface area is 169 Å². The fraction of sp³-hybridized carbons (Fsp3) is 0.150. The number of ether oxygens (including phenoxy) is 1. The van der Waals surface area contributed by atoms with Crippen molar-refractivity contribution in [1.82, 2.24) is 4.98 Å². The zero-order valence-electron chi connectivity index (χ0n) is 14.0. The molecule has 7 heteroatoms. The van der Waals surface area contributed by atoms with Gasteiger partial charge in [0.15, 0.2) is 16.6 Å². The fourth-order valence-corrected chi connectivity index (χ4v) is 5.00. The van der Waals surface area contributed by atoms with E-state index in [4.69, 9.17) is 16.3 Å². The minimum Gasteiger partial charge on any atom is -0.446 e. The average Bonchev–Trinajstić information content (AvgIpc) is 3.22. The predicted octanol–water partition coefficient (Wildman–Crippen LogP) is 4.72. The Kier molecular flexibility index (Phi) is 5.04. The third-order valence-electron chi connectivity index (χ3n) is 4.35. The molecule has 0 saturated carbocycles. The number of aromatic nitrogens is 1. The van der Waals surface area contributed by atoms with Gasteiger partial charge in [0.1, 0.15) is 0 Å². The van der Waals surface area contributed by atoms with Gasteiger partial charge < -0.3 is 4.74 Å². The lowest BCUT2D eigenvalue weighted by Crippen LogP contribution is -2.48. The van der Waals surface area contributed by atoms with Gasteiger partial charge in [0, 0.05) is 16.7 Å². The average molecular weight is 416 g/mol. The number of carbonyl (C=O) groups excluding carboxylic acids is 2. The molecule has 0 N–H and O–H groups in total. The maximum Gasteiger partial charge on any atom is 0.328 e. The standard InChI is InChI=1S/C20H14ClNO3S2/c21-14-5-1-2-6-16(14)27-18-15(23)11-20(25-19(18)24,13-8-10-26-12-13)17-7-3-4-9-22-17/h1-10,12,18H,11H2. The third kappa shape index (κ3) is 3.40. The number of thioether (sulfide) groups is 1. The Balaban J connectivity index is 1.69. The number of halogens is 1. The van der Waals surface area contributed by atoms with Gasteiger partial charge in [-0.3, -0.25) is 14.6 Å². The van der Waals surface area contributed by atoms with Gasteiger partial charge in [-0.1, -0.05) is 29.8 Å². The number of hydrogen-bond donors (Lipinski definition) is 0. The second-order valence-corrected chi connectivity index (χ2v) is 8.38. The Morgan fingerprint density at radius 3 is 2.63 bits per heavy atom. The molecule has 0 amide bonds. The zero-order chi connectivity index (χ0) is 18.9. The van der Waals surface area contributed by atoms with Crippen LogP contribution in [-0.2, 0) is 19.9 Å². The number of rotatable bonds is 4. The van der Waals surface area contributed by atoms with E-state index in [0.29, 0.717) is 15.6 Å². The smallest absolute Gasteiger partial charge is 0.328 e. The first-order chi connectivity index (χ1) is 13.1. The predicted molar refractivity (Wildman–Crippen MR) is 106 cm³/mol. The van der Waals surface area contributed by atoms with Crippen molar-refractivity contribution in [2.45, 2.75) is 22.2 Å². The first kappa shape index (κ1) is 18.2. The highest BCUT2D eigenvalue weighted by atomic mass is 35.5. The van der Waals surface area contributed by atoms with Crippen LogP contribution in [0, 0.1) is 0 Å². The molecule has 0 aliphatic carbocycles. The van der Waals surface area contributed by atoms with Crippen molar-refractivity contribution >= 4 is 46.5 Å². The number of esters is 1. The molecule has 0 bridgehead atoms. The largest absolute Gasteiger partial charge is 0.446 e. The van der Waals surface area contributed by atoms with Gasteiger partial charge in [-0.2, -0.15) is 11.3 Å². The van der Waals surface area contributed by atoms with Crippen LogP contribution in [0.4, 0.5) is 0 Å². The molecule has 1 fully saturated rings. The normalized spacial score (nSPS) is 22.5. The highest BCUT2D eigenvalue weighted by Gasteiger charge is 2.50. The highest BCUT2D eigenvalue weighted by Crippen LogP contribution is 2.44. The van der Waals surface area contributed by atoms with E-state index < -0.39 is 16.8 Å². The number of cyclic esters (lactones) is 1. The van der Waals surface area contributed by atoms with Gasteiger partial charge >= 0.3 is 5.97 Å². The molecule has 0 radical (unpaired) electrons. The number of benzene rings is 1. The molecule has 2 atom stereocenters. The number of nitrogens with zero attached hydrogens (tertiary/aromatic N) is 1. The molecular formula is C20H14ClNO3S2. The molecule has 1 saturated heterocycles. The molecule has 4 rings (SSSR count). The molecular weight excluding hydrogens is 402 g/mol. The van der Waals surface area contributed by atoms with Crippen molar-refractivity contribution in [3.63, 3.8) is 0 Å². The van der Waals surface area contributed by atoms with Crippen molar-refractivity contribution in [1.29, 1.82) is 0 Å². The second kappa shape index (κ2) is 7.46. The van der Waals surface area contributed by atoms with Gasteiger partial charge in [-0.05, 0) is 41.1 Å². The van der Waals surface area contributed by atoms with Crippen LogP contribution in [0.25, 0.3) is 0 Å². The molecule has 2 unspecified atom stereocenters. The first-order valence-corrected chi connectivity index (χ1v) is 10.4. The van der Waals surface area contributed by atoms with Crippen LogP contribution in [-0.4, -0.2) is 22.0 Å². The van der Waals surface area contributed by atoms with Crippen LogP contribution in [0.15, 0.2) is 70.4 Å². The van der Waals surface area contributed by atoms with E-state index in [2.05, 4.69) is 4.98 Å². The molecule has 4 nitrogen and oxygen atoms in total. The Hall–Kier alpha value is -2.15. The molecule has 27 heavy (non-hydrogen) atoms. The van der Waals surface area contributed by atoms with Crippen LogP contribution in [0.5, 0.6) is 0 Å². The first-order valence-electron chi connectivity index (χ1n) is 8.21. The lowest BCUT2D eigenvalue weighted by atomic mass is 9.84. The summed E-state index contributed by atoms with van der Waals surface area (Å²) >= 11 is 8.79. The Bertz CT molecular complexity index is 958. The summed E-state index contributed by atoms with van der Waals surface area (Å²) in [5, 5.41) is 3.34. The van der Waals surface area contributed by atoms with Gasteiger partial charge in [0.2, 0.25) is 0 Å².